The summed E-state index contributed by atoms with van der Waals surface area (Å²) in [4.78, 5) is 13.9. The van der Waals surface area contributed by atoms with Gasteiger partial charge in [0, 0.05) is 12.2 Å². The van der Waals surface area contributed by atoms with Crippen LogP contribution in [0.4, 0.5) is 0 Å². The number of para-hydroxylation sites is 2. The summed E-state index contributed by atoms with van der Waals surface area (Å²) >= 11 is 1.57. The van der Waals surface area contributed by atoms with Gasteiger partial charge in [-0.3, -0.25) is 0 Å². The largest absolute Gasteiger partial charge is 0.477 e. The highest BCUT2D eigenvalue weighted by Crippen LogP contribution is 2.25. The van der Waals surface area contributed by atoms with Crippen LogP contribution in [0.5, 0.6) is 5.88 Å². The number of thioether (sulfide) groups is 1. The summed E-state index contributed by atoms with van der Waals surface area (Å²) in [6, 6.07) is 27.2. The smallest absolute Gasteiger partial charge is 0.350 e. The average molecular weight is 456 g/mol. The number of aromatic hydroxyl groups is 1. The lowest BCUT2D eigenvalue weighted by Gasteiger charge is -2.15. The molecular weight excluding hydrogens is 428 g/mol. The summed E-state index contributed by atoms with van der Waals surface area (Å²) in [5.41, 5.74) is 3.62. The molecule has 33 heavy (non-hydrogen) atoms. The molecule has 1 aromatic heterocycles. The Morgan fingerprint density at radius 1 is 1.00 bits per heavy atom. The topological polar surface area (TPSA) is 46.1 Å². The number of nitrogens with zero attached hydrogens (tertiary/aromatic N) is 2. The lowest BCUT2D eigenvalue weighted by molar-refractivity contribution is -0.650. The zero-order valence-electron chi connectivity index (χ0n) is 18.6. The second-order valence-electron chi connectivity index (χ2n) is 7.71. The van der Waals surface area contributed by atoms with E-state index in [9.17, 15) is 9.90 Å². The lowest BCUT2D eigenvalue weighted by Crippen LogP contribution is -2.43. The van der Waals surface area contributed by atoms with E-state index in [1.165, 1.54) is 0 Å². The van der Waals surface area contributed by atoms with Crippen LogP contribution in [0.15, 0.2) is 101 Å². The predicted octanol–water partition coefficient (Wildman–Crippen LogP) is 5.56. The summed E-state index contributed by atoms with van der Waals surface area (Å²) in [6.07, 6.45) is 3.03. The first-order valence-corrected chi connectivity index (χ1v) is 12.0. The second kappa shape index (κ2) is 10.4. The summed E-state index contributed by atoms with van der Waals surface area (Å²) in [6.45, 7) is 5.94. The van der Waals surface area contributed by atoms with Gasteiger partial charge in [0.25, 0.3) is 5.88 Å². The van der Waals surface area contributed by atoms with Gasteiger partial charge in [-0.15, -0.1) is 0 Å². The fourth-order valence-electron chi connectivity index (χ4n) is 3.77. The molecule has 0 unspecified atom stereocenters. The fraction of sp³-hybridized carbons (Fsp3) is 0.143. The molecule has 5 heteroatoms. The van der Waals surface area contributed by atoms with Crippen molar-refractivity contribution in [1.29, 1.82) is 0 Å². The van der Waals surface area contributed by atoms with E-state index < -0.39 is 0 Å². The van der Waals surface area contributed by atoms with Gasteiger partial charge in [-0.25, -0.2) is 4.79 Å². The van der Waals surface area contributed by atoms with Gasteiger partial charge in [-0.05, 0) is 53.6 Å². The standard InChI is InChI=1S/C28H26N2O2S/c1-3-18-33-28-29(23-14-7-5-8-15-23)26(31)25(20-22-13-11-12-21(4-2)19-22)27(32)30(28)24-16-9-6-10-17-24/h4-17,19H,2-3,18,20H2,1H3/p+1. The Hall–Kier alpha value is -3.57. The maximum Gasteiger partial charge on any atom is 0.350 e. The highest BCUT2D eigenvalue weighted by Gasteiger charge is 2.31. The number of benzene rings is 3. The number of aromatic nitrogens is 2. The summed E-state index contributed by atoms with van der Waals surface area (Å²) in [7, 11) is 0. The van der Waals surface area contributed by atoms with Crippen LogP contribution in [-0.2, 0) is 6.42 Å². The first-order valence-electron chi connectivity index (χ1n) is 11.0. The van der Waals surface area contributed by atoms with Gasteiger partial charge in [0.05, 0.1) is 0 Å². The van der Waals surface area contributed by atoms with E-state index in [0.717, 1.165) is 34.7 Å². The Bertz CT molecular complexity index is 1320. The molecule has 1 heterocycles. The Labute approximate surface area is 198 Å². The normalized spacial score (nSPS) is 10.8. The van der Waals surface area contributed by atoms with Crippen LogP contribution in [0.2, 0.25) is 0 Å². The number of hydrogen-bond donors (Lipinski definition) is 1. The average Bonchev–Trinajstić information content (AvgIpc) is 2.86. The maximum absolute atomic E-state index is 13.9. The third-order valence-corrected chi connectivity index (χ3v) is 6.59. The predicted molar refractivity (Wildman–Crippen MR) is 136 cm³/mol. The lowest BCUT2D eigenvalue weighted by atomic mass is 10.0. The van der Waals surface area contributed by atoms with Crippen LogP contribution in [-0.4, -0.2) is 15.4 Å². The van der Waals surface area contributed by atoms with Crippen molar-refractivity contribution in [2.75, 3.05) is 5.75 Å². The van der Waals surface area contributed by atoms with Crippen molar-refractivity contribution < 1.29 is 9.67 Å². The van der Waals surface area contributed by atoms with Crippen molar-refractivity contribution in [2.45, 2.75) is 24.9 Å². The van der Waals surface area contributed by atoms with E-state index in [1.807, 2.05) is 84.9 Å². The molecule has 0 amide bonds. The molecule has 0 fully saturated rings. The van der Waals surface area contributed by atoms with Crippen molar-refractivity contribution in [1.82, 2.24) is 4.57 Å². The molecule has 0 aliphatic carbocycles. The van der Waals surface area contributed by atoms with Crippen molar-refractivity contribution in [3.05, 3.63) is 119 Å². The van der Waals surface area contributed by atoms with Crippen LogP contribution >= 0.6 is 11.8 Å². The van der Waals surface area contributed by atoms with Crippen LogP contribution < -0.4 is 10.1 Å². The summed E-state index contributed by atoms with van der Waals surface area (Å²) in [5.74, 6) is 0.792. The molecule has 1 N–H and O–H groups in total. The first-order chi connectivity index (χ1) is 16.1. The maximum atomic E-state index is 13.9. The molecule has 4 aromatic rings. The molecular formula is C28H27N2O2S+. The third-order valence-electron chi connectivity index (χ3n) is 5.36. The molecule has 0 radical (unpaired) electrons. The van der Waals surface area contributed by atoms with E-state index in [4.69, 9.17) is 0 Å². The Balaban J connectivity index is 2.03. The van der Waals surface area contributed by atoms with Crippen LogP contribution in [0, 0.1) is 0 Å². The molecule has 0 saturated heterocycles. The zero-order chi connectivity index (χ0) is 23.2. The molecule has 0 spiro atoms. The minimum Gasteiger partial charge on any atom is -0.477 e. The summed E-state index contributed by atoms with van der Waals surface area (Å²) in [5, 5.41) is 12.2. The Morgan fingerprint density at radius 3 is 2.36 bits per heavy atom. The summed E-state index contributed by atoms with van der Waals surface area (Å²) < 4.78 is 3.52. The molecule has 0 bridgehead atoms. The second-order valence-corrected chi connectivity index (χ2v) is 8.77. The zero-order valence-corrected chi connectivity index (χ0v) is 19.5. The van der Waals surface area contributed by atoms with E-state index in [2.05, 4.69) is 13.5 Å². The van der Waals surface area contributed by atoms with E-state index in [-0.39, 0.29) is 11.4 Å². The molecule has 3 aromatic carbocycles. The van der Waals surface area contributed by atoms with Crippen molar-refractivity contribution >= 4 is 17.8 Å². The van der Waals surface area contributed by atoms with Crippen LogP contribution in [0.1, 0.15) is 30.0 Å². The molecule has 166 valence electrons. The molecule has 0 aliphatic heterocycles. The SMILES string of the molecule is C=Cc1cccc(Cc2c(O)[n+](-c3ccccc3)c(SCCC)n(-c3ccccc3)c2=O)c1. The molecule has 0 saturated carbocycles. The van der Waals surface area contributed by atoms with E-state index in [1.54, 1.807) is 27.0 Å². The van der Waals surface area contributed by atoms with Crippen LogP contribution in [0.25, 0.3) is 17.5 Å². The van der Waals surface area contributed by atoms with E-state index >= 15 is 0 Å². The molecule has 0 aliphatic rings. The molecule has 4 rings (SSSR count). The number of rotatable bonds is 8. The third kappa shape index (κ3) is 4.78. The Kier molecular flexibility index (Phi) is 7.10. The van der Waals surface area contributed by atoms with Gasteiger partial charge in [0.1, 0.15) is 16.9 Å². The van der Waals surface area contributed by atoms with Crippen molar-refractivity contribution in [3.8, 4) is 17.3 Å². The van der Waals surface area contributed by atoms with Gasteiger partial charge in [0.15, 0.2) is 0 Å². The highest BCUT2D eigenvalue weighted by atomic mass is 32.2. The van der Waals surface area contributed by atoms with Gasteiger partial charge < -0.3 is 5.11 Å². The minimum absolute atomic E-state index is 0.0269. The van der Waals surface area contributed by atoms with Gasteiger partial charge in [-0.2, -0.15) is 9.13 Å². The monoisotopic (exact) mass is 455 g/mol. The minimum atomic E-state index is -0.214. The van der Waals surface area contributed by atoms with Crippen LogP contribution in [0.3, 0.4) is 0 Å². The molecule has 4 nitrogen and oxygen atoms in total. The highest BCUT2D eigenvalue weighted by molar-refractivity contribution is 7.99. The van der Waals surface area contributed by atoms with Gasteiger partial charge >= 0.3 is 10.7 Å². The molecule has 0 atom stereocenters. The van der Waals surface area contributed by atoms with Crippen molar-refractivity contribution in [3.63, 3.8) is 0 Å². The van der Waals surface area contributed by atoms with Gasteiger partial charge in [-0.1, -0.05) is 80.2 Å². The number of hydrogen-bond acceptors (Lipinski definition) is 3. The first kappa shape index (κ1) is 22.6. The quantitative estimate of drug-likeness (QED) is 0.215. The van der Waals surface area contributed by atoms with Gasteiger partial charge in [0.2, 0.25) is 0 Å². The van der Waals surface area contributed by atoms with E-state index in [0.29, 0.717) is 17.1 Å². The Morgan fingerprint density at radius 2 is 1.70 bits per heavy atom. The fourth-order valence-corrected chi connectivity index (χ4v) is 4.79. The van der Waals surface area contributed by atoms with Crippen molar-refractivity contribution in [2.24, 2.45) is 0 Å².